The minimum atomic E-state index is -0.941. The summed E-state index contributed by atoms with van der Waals surface area (Å²) in [4.78, 5) is 29.3. The Morgan fingerprint density at radius 3 is 2.39 bits per heavy atom. The SMILES string of the molecule is COc1ccc(OC)c(C2/C(=C(\[O-])c3ccc(OC)c(Cl)c3)C(=O)C(=O)N2CC[NH+]2CCOCC2)c1. The Morgan fingerprint density at radius 1 is 1.06 bits per heavy atom. The highest BCUT2D eigenvalue weighted by Gasteiger charge is 2.45. The number of carbonyl (C=O) groups is 2. The summed E-state index contributed by atoms with van der Waals surface area (Å²) in [6.45, 7) is 3.80. The molecule has 2 saturated heterocycles. The number of likely N-dealkylation sites (tertiary alicyclic amines) is 1. The van der Waals surface area contributed by atoms with Crippen molar-refractivity contribution in [3.63, 3.8) is 0 Å². The van der Waals surface area contributed by atoms with E-state index in [2.05, 4.69) is 0 Å². The molecule has 4 rings (SSSR count). The molecule has 2 aliphatic rings. The molecule has 2 aliphatic heterocycles. The van der Waals surface area contributed by atoms with Gasteiger partial charge in [0.15, 0.2) is 0 Å². The quantitative estimate of drug-likeness (QED) is 0.310. The fraction of sp³-hybridized carbons (Fsp3) is 0.385. The first-order chi connectivity index (χ1) is 17.4. The number of hydrogen-bond donors (Lipinski definition) is 1. The standard InChI is InChI=1S/C26H29ClN2O7/c1-33-17-5-7-20(34-2)18(15-17)23-22(24(30)16-4-6-21(35-3)19(27)14-16)25(31)26(32)29(23)9-8-28-10-12-36-13-11-28/h4-7,14-15,23,30H,8-13H2,1-3H3/b24-22+. The van der Waals surface area contributed by atoms with Crippen molar-refractivity contribution in [1.29, 1.82) is 0 Å². The number of rotatable bonds is 8. The summed E-state index contributed by atoms with van der Waals surface area (Å²) in [6.07, 6.45) is 0. The van der Waals surface area contributed by atoms with E-state index >= 15 is 0 Å². The maximum atomic E-state index is 13.7. The molecule has 1 atom stereocenters. The van der Waals surface area contributed by atoms with Gasteiger partial charge in [0.25, 0.3) is 5.91 Å². The summed E-state index contributed by atoms with van der Waals surface area (Å²) >= 11 is 6.25. The lowest BCUT2D eigenvalue weighted by Gasteiger charge is -2.31. The largest absolute Gasteiger partial charge is 0.872 e. The Balaban J connectivity index is 1.83. The van der Waals surface area contributed by atoms with Crippen LogP contribution in [-0.4, -0.2) is 77.3 Å². The highest BCUT2D eigenvalue weighted by Crippen LogP contribution is 2.43. The molecule has 0 aliphatic carbocycles. The van der Waals surface area contributed by atoms with Gasteiger partial charge in [0, 0.05) is 11.1 Å². The summed E-state index contributed by atoms with van der Waals surface area (Å²) in [5, 5.41) is 13.9. The molecule has 1 N–H and O–H groups in total. The van der Waals surface area contributed by atoms with Crippen molar-refractivity contribution in [1.82, 2.24) is 4.90 Å². The van der Waals surface area contributed by atoms with Crippen LogP contribution in [0.4, 0.5) is 0 Å². The van der Waals surface area contributed by atoms with Gasteiger partial charge >= 0.3 is 0 Å². The number of carbonyl (C=O) groups excluding carboxylic acids is 2. The molecular formula is C26H29ClN2O7. The molecule has 10 heteroatoms. The van der Waals surface area contributed by atoms with E-state index < -0.39 is 23.5 Å². The molecule has 2 aromatic carbocycles. The molecule has 36 heavy (non-hydrogen) atoms. The molecule has 2 aromatic rings. The van der Waals surface area contributed by atoms with Gasteiger partial charge in [-0.3, -0.25) is 9.59 Å². The topological polar surface area (TPSA) is 102 Å². The molecule has 1 amide bonds. The number of ether oxygens (including phenoxy) is 4. The van der Waals surface area contributed by atoms with E-state index in [-0.39, 0.29) is 22.7 Å². The van der Waals surface area contributed by atoms with E-state index in [1.54, 1.807) is 24.3 Å². The summed E-state index contributed by atoms with van der Waals surface area (Å²) < 4.78 is 21.6. The van der Waals surface area contributed by atoms with Crippen molar-refractivity contribution in [3.05, 3.63) is 58.1 Å². The molecule has 2 heterocycles. The zero-order valence-corrected chi connectivity index (χ0v) is 21.2. The van der Waals surface area contributed by atoms with Crippen LogP contribution < -0.4 is 24.2 Å². The maximum Gasteiger partial charge on any atom is 0.295 e. The number of methoxy groups -OCH3 is 3. The number of ketones is 1. The van der Waals surface area contributed by atoms with Crippen LogP contribution in [0.1, 0.15) is 17.2 Å². The van der Waals surface area contributed by atoms with E-state index in [1.807, 2.05) is 0 Å². The second-order valence-electron chi connectivity index (χ2n) is 8.54. The summed E-state index contributed by atoms with van der Waals surface area (Å²) in [6, 6.07) is 8.68. The lowest BCUT2D eigenvalue weighted by molar-refractivity contribution is -0.907. The Bertz CT molecular complexity index is 1180. The predicted molar refractivity (Wildman–Crippen MR) is 130 cm³/mol. The van der Waals surface area contributed by atoms with Crippen molar-refractivity contribution in [3.8, 4) is 17.2 Å². The van der Waals surface area contributed by atoms with Crippen LogP contribution in [0.5, 0.6) is 17.2 Å². The average molecular weight is 517 g/mol. The van der Waals surface area contributed by atoms with Gasteiger partial charge in [0.2, 0.25) is 5.78 Å². The van der Waals surface area contributed by atoms with Crippen LogP contribution in [-0.2, 0) is 14.3 Å². The third-order valence-electron chi connectivity index (χ3n) is 6.58. The molecule has 0 radical (unpaired) electrons. The van der Waals surface area contributed by atoms with Crippen molar-refractivity contribution in [2.45, 2.75) is 6.04 Å². The minimum Gasteiger partial charge on any atom is -0.872 e. The minimum absolute atomic E-state index is 0.148. The molecule has 0 saturated carbocycles. The fourth-order valence-electron chi connectivity index (χ4n) is 4.63. The first kappa shape index (κ1) is 25.8. The van der Waals surface area contributed by atoms with E-state index in [0.717, 1.165) is 13.1 Å². The Morgan fingerprint density at radius 2 is 1.75 bits per heavy atom. The maximum absolute atomic E-state index is 13.7. The second-order valence-corrected chi connectivity index (χ2v) is 8.95. The number of amides is 1. The first-order valence-corrected chi connectivity index (χ1v) is 12.0. The van der Waals surface area contributed by atoms with Gasteiger partial charge in [0.05, 0.1) is 58.7 Å². The summed E-state index contributed by atoms with van der Waals surface area (Å²) in [5.74, 6) is -0.790. The normalized spacial score (nSPS) is 20.0. The molecule has 0 aromatic heterocycles. The van der Waals surface area contributed by atoms with Crippen molar-refractivity contribution < 1.29 is 38.5 Å². The van der Waals surface area contributed by atoms with Crippen molar-refractivity contribution in [2.24, 2.45) is 0 Å². The zero-order chi connectivity index (χ0) is 25.8. The Kier molecular flexibility index (Phi) is 8.03. The summed E-state index contributed by atoms with van der Waals surface area (Å²) in [7, 11) is 4.48. The van der Waals surface area contributed by atoms with Crippen LogP contribution in [0.25, 0.3) is 5.76 Å². The van der Waals surface area contributed by atoms with Gasteiger partial charge in [0.1, 0.15) is 30.3 Å². The van der Waals surface area contributed by atoms with Crippen molar-refractivity contribution in [2.75, 3.05) is 60.7 Å². The number of Topliss-reactive ketones (excluding diaryl/α,β-unsaturated/α-hetero) is 1. The Labute approximate surface area is 214 Å². The predicted octanol–water partition coefficient (Wildman–Crippen LogP) is 0.505. The molecule has 0 spiro atoms. The van der Waals surface area contributed by atoms with Crippen LogP contribution in [0.15, 0.2) is 42.0 Å². The smallest absolute Gasteiger partial charge is 0.295 e. The average Bonchev–Trinajstić information content (AvgIpc) is 3.16. The lowest BCUT2D eigenvalue weighted by Crippen LogP contribution is -3.14. The van der Waals surface area contributed by atoms with Gasteiger partial charge in [-0.05, 0) is 35.9 Å². The van der Waals surface area contributed by atoms with Gasteiger partial charge in [-0.1, -0.05) is 23.4 Å². The van der Waals surface area contributed by atoms with Crippen LogP contribution in [0.2, 0.25) is 5.02 Å². The van der Waals surface area contributed by atoms with Crippen molar-refractivity contribution >= 4 is 29.1 Å². The van der Waals surface area contributed by atoms with E-state index in [9.17, 15) is 14.7 Å². The number of morpholine rings is 1. The molecule has 1 unspecified atom stereocenters. The van der Waals surface area contributed by atoms with E-state index in [4.69, 9.17) is 30.5 Å². The number of hydrogen-bond acceptors (Lipinski definition) is 7. The van der Waals surface area contributed by atoms with Gasteiger partial charge in [-0.15, -0.1) is 0 Å². The highest BCUT2D eigenvalue weighted by molar-refractivity contribution is 6.46. The third-order valence-corrected chi connectivity index (χ3v) is 6.88. The lowest BCUT2D eigenvalue weighted by atomic mass is 9.94. The third kappa shape index (κ3) is 5.00. The number of benzene rings is 2. The summed E-state index contributed by atoms with van der Waals surface area (Å²) in [5.41, 5.74) is 0.533. The highest BCUT2D eigenvalue weighted by atomic mass is 35.5. The molecule has 9 nitrogen and oxygen atoms in total. The van der Waals surface area contributed by atoms with Crippen LogP contribution in [0, 0.1) is 0 Å². The van der Waals surface area contributed by atoms with Crippen LogP contribution >= 0.6 is 11.6 Å². The fourth-order valence-corrected chi connectivity index (χ4v) is 4.89. The molecular weight excluding hydrogens is 488 g/mol. The van der Waals surface area contributed by atoms with Crippen LogP contribution in [0.3, 0.4) is 0 Å². The number of halogens is 1. The van der Waals surface area contributed by atoms with Gasteiger partial charge < -0.3 is 33.9 Å². The number of quaternary nitrogens is 1. The van der Waals surface area contributed by atoms with E-state index in [1.165, 1.54) is 43.3 Å². The molecule has 0 bridgehead atoms. The Hall–Kier alpha value is -3.27. The molecule has 2 fully saturated rings. The molecule has 192 valence electrons. The van der Waals surface area contributed by atoms with E-state index in [0.29, 0.717) is 42.6 Å². The van der Waals surface area contributed by atoms with Gasteiger partial charge in [-0.25, -0.2) is 0 Å². The second kappa shape index (κ2) is 11.2. The number of nitrogens with one attached hydrogen (secondary N) is 1. The monoisotopic (exact) mass is 516 g/mol. The first-order valence-electron chi connectivity index (χ1n) is 11.6. The zero-order valence-electron chi connectivity index (χ0n) is 20.5. The van der Waals surface area contributed by atoms with Gasteiger partial charge in [-0.2, -0.15) is 0 Å². The number of nitrogens with zero attached hydrogens (tertiary/aromatic N) is 1.